The van der Waals surface area contributed by atoms with Crippen LogP contribution in [0.1, 0.15) is 16.1 Å². The fraction of sp³-hybridized carbons (Fsp3) is 0.0476. The predicted molar refractivity (Wildman–Crippen MR) is 106 cm³/mol. The molecule has 0 bridgehead atoms. The van der Waals surface area contributed by atoms with E-state index in [-0.39, 0.29) is 17.1 Å². The van der Waals surface area contributed by atoms with Crippen molar-refractivity contribution in [2.45, 2.75) is 0 Å². The Morgan fingerprint density at radius 3 is 2.79 bits per heavy atom. The molecule has 0 radical (unpaired) electrons. The van der Waals surface area contributed by atoms with Crippen LogP contribution in [0.2, 0.25) is 0 Å². The third-order valence-corrected chi connectivity index (χ3v) is 4.32. The lowest BCUT2D eigenvalue weighted by Gasteiger charge is -2.12. The van der Waals surface area contributed by atoms with E-state index in [0.717, 1.165) is 5.56 Å². The van der Waals surface area contributed by atoms with E-state index in [0.29, 0.717) is 22.4 Å². The maximum absolute atomic E-state index is 12.5. The molecule has 8 nitrogen and oxygen atoms in total. The maximum Gasteiger partial charge on any atom is 0.273 e. The predicted octanol–water partition coefficient (Wildman–Crippen LogP) is 3.32. The van der Waals surface area contributed by atoms with Crippen LogP contribution in [0.5, 0.6) is 5.75 Å². The lowest BCUT2D eigenvalue weighted by Crippen LogP contribution is -2.19. The maximum atomic E-state index is 12.5. The smallest absolute Gasteiger partial charge is 0.273 e. The first-order chi connectivity index (χ1) is 14.1. The average Bonchev–Trinajstić information content (AvgIpc) is 3.27. The highest BCUT2D eigenvalue weighted by atomic mass is 16.5. The van der Waals surface area contributed by atoms with Gasteiger partial charge in [0, 0.05) is 17.0 Å². The van der Waals surface area contributed by atoms with E-state index in [9.17, 15) is 14.9 Å². The molecule has 1 aromatic carbocycles. The third-order valence-electron chi connectivity index (χ3n) is 4.32. The molecular formula is C21H14N4O4. The van der Waals surface area contributed by atoms with Gasteiger partial charge in [-0.25, -0.2) is 4.98 Å². The van der Waals surface area contributed by atoms with Gasteiger partial charge in [-0.15, -0.1) is 0 Å². The Balaban J connectivity index is 1.86. The lowest BCUT2D eigenvalue weighted by molar-refractivity contribution is 0.102. The van der Waals surface area contributed by atoms with Crippen molar-refractivity contribution in [1.82, 2.24) is 9.97 Å². The van der Waals surface area contributed by atoms with Crippen LogP contribution < -0.4 is 15.6 Å². The average molecular weight is 386 g/mol. The molecule has 0 unspecified atom stereocenters. The Morgan fingerprint density at radius 1 is 1.24 bits per heavy atom. The molecule has 3 heterocycles. The molecule has 0 spiro atoms. The number of nitriles is 1. The molecule has 0 fully saturated rings. The summed E-state index contributed by atoms with van der Waals surface area (Å²) in [4.78, 5) is 30.9. The van der Waals surface area contributed by atoms with Gasteiger partial charge < -0.3 is 19.5 Å². The van der Waals surface area contributed by atoms with Crippen molar-refractivity contribution in [3.8, 4) is 23.1 Å². The van der Waals surface area contributed by atoms with Crippen molar-refractivity contribution in [2.24, 2.45) is 0 Å². The summed E-state index contributed by atoms with van der Waals surface area (Å²) < 4.78 is 10.9. The Labute approximate surface area is 164 Å². The van der Waals surface area contributed by atoms with Crippen molar-refractivity contribution >= 4 is 22.6 Å². The van der Waals surface area contributed by atoms with Gasteiger partial charge in [0.2, 0.25) is 5.56 Å². The molecule has 29 heavy (non-hydrogen) atoms. The number of amides is 1. The Bertz CT molecular complexity index is 1320. The first-order valence-electron chi connectivity index (χ1n) is 8.57. The molecular weight excluding hydrogens is 372 g/mol. The minimum Gasteiger partial charge on any atom is -0.494 e. The molecule has 2 N–H and O–H groups in total. The molecule has 8 heteroatoms. The van der Waals surface area contributed by atoms with Gasteiger partial charge in [0.1, 0.15) is 28.8 Å². The van der Waals surface area contributed by atoms with Crippen molar-refractivity contribution in [2.75, 3.05) is 12.4 Å². The number of ether oxygens (including phenoxy) is 1. The molecule has 0 aliphatic heterocycles. The second kappa shape index (κ2) is 7.32. The van der Waals surface area contributed by atoms with Crippen LogP contribution in [0.25, 0.3) is 22.2 Å². The number of hydrogen-bond acceptors (Lipinski definition) is 6. The summed E-state index contributed by atoms with van der Waals surface area (Å²) in [6, 6.07) is 15.0. The van der Waals surface area contributed by atoms with Crippen molar-refractivity contribution in [3.63, 3.8) is 0 Å². The number of fused-ring (bicyclic) bond motifs is 1. The molecule has 4 aromatic rings. The molecule has 142 valence electrons. The van der Waals surface area contributed by atoms with E-state index in [1.807, 2.05) is 12.1 Å². The molecule has 0 aliphatic carbocycles. The van der Waals surface area contributed by atoms with Gasteiger partial charge >= 0.3 is 0 Å². The van der Waals surface area contributed by atoms with Gasteiger partial charge in [0.05, 0.1) is 18.9 Å². The van der Waals surface area contributed by atoms with Crippen LogP contribution in [0.15, 0.2) is 64.0 Å². The third kappa shape index (κ3) is 3.33. The fourth-order valence-electron chi connectivity index (χ4n) is 2.98. The summed E-state index contributed by atoms with van der Waals surface area (Å²) >= 11 is 0. The summed E-state index contributed by atoms with van der Waals surface area (Å²) in [7, 11) is 1.51. The monoisotopic (exact) mass is 386 g/mol. The molecule has 1 amide bonds. The van der Waals surface area contributed by atoms with Crippen molar-refractivity contribution in [3.05, 3.63) is 76.4 Å². The second-order valence-electron chi connectivity index (χ2n) is 6.07. The van der Waals surface area contributed by atoms with Crippen LogP contribution in [0.4, 0.5) is 5.82 Å². The lowest BCUT2D eigenvalue weighted by atomic mass is 10.0. The number of hydrogen-bond donors (Lipinski definition) is 2. The summed E-state index contributed by atoms with van der Waals surface area (Å²) in [5, 5.41) is 12.8. The fourth-order valence-corrected chi connectivity index (χ4v) is 2.98. The number of rotatable bonds is 4. The summed E-state index contributed by atoms with van der Waals surface area (Å²) in [6.07, 6.45) is 1.55. The summed E-state index contributed by atoms with van der Waals surface area (Å²) in [5.41, 5.74) is 0.997. The number of carbonyl (C=O) groups is 1. The first kappa shape index (κ1) is 18.0. The summed E-state index contributed by atoms with van der Waals surface area (Å²) in [6.45, 7) is 0. The van der Waals surface area contributed by atoms with Gasteiger partial charge in [-0.3, -0.25) is 9.59 Å². The van der Waals surface area contributed by atoms with Gasteiger partial charge in [-0.1, -0.05) is 6.07 Å². The standard InChI is InChI=1S/C21H14N4O4/c1-28-17-8-7-13(16-5-3-9-29-16)14-10-12(11-22)20(24-19(14)17)25-21(27)15-4-2-6-18(26)23-15/h2-10H,1H3,(H,23,26)(H,24,25,27). The number of furan rings is 1. The van der Waals surface area contributed by atoms with Crippen LogP contribution in [-0.4, -0.2) is 23.0 Å². The number of benzene rings is 1. The van der Waals surface area contributed by atoms with Gasteiger partial charge in [-0.2, -0.15) is 5.26 Å². The highest BCUT2D eigenvalue weighted by Crippen LogP contribution is 2.35. The number of aromatic nitrogens is 2. The van der Waals surface area contributed by atoms with E-state index >= 15 is 0 Å². The highest BCUT2D eigenvalue weighted by molar-refractivity contribution is 6.05. The van der Waals surface area contributed by atoms with Gasteiger partial charge in [0.15, 0.2) is 5.82 Å². The molecule has 4 rings (SSSR count). The molecule has 0 saturated carbocycles. The zero-order valence-corrected chi connectivity index (χ0v) is 15.2. The SMILES string of the molecule is COc1ccc(-c2ccco2)c2cc(C#N)c(NC(=O)c3cccc(=O)[nH]3)nc12. The van der Waals surface area contributed by atoms with Crippen LogP contribution in [0.3, 0.4) is 0 Å². The van der Waals surface area contributed by atoms with Gasteiger partial charge in [-0.05, 0) is 36.4 Å². The van der Waals surface area contributed by atoms with Crippen LogP contribution in [0, 0.1) is 11.3 Å². The van der Waals surface area contributed by atoms with E-state index in [2.05, 4.69) is 15.3 Å². The second-order valence-corrected chi connectivity index (χ2v) is 6.07. The molecule has 0 atom stereocenters. The Kier molecular flexibility index (Phi) is 4.55. The number of anilines is 1. The molecule has 0 aliphatic rings. The topological polar surface area (TPSA) is 121 Å². The van der Waals surface area contributed by atoms with Crippen molar-refractivity contribution in [1.29, 1.82) is 5.26 Å². The van der Waals surface area contributed by atoms with E-state index in [1.54, 1.807) is 30.5 Å². The number of methoxy groups -OCH3 is 1. The largest absolute Gasteiger partial charge is 0.494 e. The number of carbonyl (C=O) groups excluding carboxylic acids is 1. The normalized spacial score (nSPS) is 10.5. The summed E-state index contributed by atoms with van der Waals surface area (Å²) in [5.74, 6) is 0.558. The van der Waals surface area contributed by atoms with E-state index < -0.39 is 11.5 Å². The zero-order valence-electron chi connectivity index (χ0n) is 15.2. The number of pyridine rings is 2. The molecule has 0 saturated heterocycles. The van der Waals surface area contributed by atoms with Gasteiger partial charge in [0.25, 0.3) is 5.91 Å². The highest BCUT2D eigenvalue weighted by Gasteiger charge is 2.17. The minimum atomic E-state index is -0.591. The van der Waals surface area contributed by atoms with Crippen LogP contribution in [-0.2, 0) is 0 Å². The number of aromatic amines is 1. The number of nitrogens with zero attached hydrogens (tertiary/aromatic N) is 2. The van der Waals surface area contributed by atoms with Crippen LogP contribution >= 0.6 is 0 Å². The van der Waals surface area contributed by atoms with Crippen molar-refractivity contribution < 1.29 is 13.9 Å². The Morgan fingerprint density at radius 2 is 2.10 bits per heavy atom. The number of nitrogens with one attached hydrogen (secondary N) is 2. The minimum absolute atomic E-state index is 0.0552. The first-order valence-corrected chi connectivity index (χ1v) is 8.57. The quantitative estimate of drug-likeness (QED) is 0.555. The molecule has 3 aromatic heterocycles. The Hall–Kier alpha value is -4.38. The zero-order chi connectivity index (χ0) is 20.4. The van der Waals surface area contributed by atoms with E-state index in [1.165, 1.54) is 25.3 Å². The van der Waals surface area contributed by atoms with E-state index in [4.69, 9.17) is 9.15 Å². The number of H-pyrrole nitrogens is 1.